The lowest BCUT2D eigenvalue weighted by atomic mass is 10.1. The lowest BCUT2D eigenvalue weighted by Crippen LogP contribution is -2.30. The van der Waals surface area contributed by atoms with E-state index < -0.39 is 11.8 Å². The summed E-state index contributed by atoms with van der Waals surface area (Å²) in [6.07, 6.45) is 1.57. The lowest BCUT2D eigenvalue weighted by molar-refractivity contribution is -0.114. The molecule has 0 unspecified atom stereocenters. The number of thioether (sulfide) groups is 1. The molecule has 0 spiro atoms. The Hall–Kier alpha value is -5.02. The number of carbonyl (C=O) groups excluding carboxylic acids is 3. The van der Waals surface area contributed by atoms with Gasteiger partial charge in [0, 0.05) is 21.8 Å². The van der Waals surface area contributed by atoms with E-state index in [-0.39, 0.29) is 17.4 Å². The molecule has 8 nitrogen and oxygen atoms in total. The van der Waals surface area contributed by atoms with Gasteiger partial charge >= 0.3 is 0 Å². The number of nitrogens with one attached hydrogen (secondary N) is 3. The van der Waals surface area contributed by atoms with Crippen molar-refractivity contribution in [3.8, 4) is 11.5 Å². The molecule has 220 valence electrons. The Morgan fingerprint density at radius 1 is 0.791 bits per heavy atom. The van der Waals surface area contributed by atoms with Crippen LogP contribution in [0.25, 0.3) is 6.08 Å². The molecule has 0 atom stereocenters. The van der Waals surface area contributed by atoms with Crippen LogP contribution in [0.4, 0.5) is 11.4 Å². The van der Waals surface area contributed by atoms with Crippen LogP contribution in [0.2, 0.25) is 0 Å². The van der Waals surface area contributed by atoms with Gasteiger partial charge in [0.15, 0.2) is 11.5 Å². The van der Waals surface area contributed by atoms with E-state index in [9.17, 15) is 14.4 Å². The summed E-state index contributed by atoms with van der Waals surface area (Å²) in [5.74, 6) is 0.236. The van der Waals surface area contributed by atoms with E-state index in [1.54, 1.807) is 60.7 Å². The third-order valence-corrected chi connectivity index (χ3v) is 7.41. The molecular formula is C34H33N3O5S. The van der Waals surface area contributed by atoms with Crippen molar-refractivity contribution in [3.63, 3.8) is 0 Å². The number of amides is 3. The summed E-state index contributed by atoms with van der Waals surface area (Å²) >= 11 is 1.39. The molecule has 43 heavy (non-hydrogen) atoms. The Morgan fingerprint density at radius 2 is 1.51 bits per heavy atom. The molecule has 0 heterocycles. The van der Waals surface area contributed by atoms with Crippen LogP contribution in [0, 0.1) is 13.8 Å². The molecule has 4 aromatic carbocycles. The molecule has 0 saturated heterocycles. The van der Waals surface area contributed by atoms with Crippen LogP contribution in [0.15, 0.2) is 102 Å². The van der Waals surface area contributed by atoms with Crippen molar-refractivity contribution in [2.75, 3.05) is 30.6 Å². The number of hydrogen-bond donors (Lipinski definition) is 3. The van der Waals surface area contributed by atoms with Gasteiger partial charge < -0.3 is 25.4 Å². The standard InChI is InChI=1S/C34H33N3O5S/c1-22-10-11-23(2)28(18-22)36-32(38)21-43-27-15-13-26(14-16-27)35-34(40)29(37-33(39)25-8-6-5-7-9-25)19-24-12-17-30(41-3)31(20-24)42-4/h5-20H,21H2,1-4H3,(H,35,40)(H,36,38)(H,37,39)/b29-19-. The number of ether oxygens (including phenoxy) is 2. The van der Waals surface area contributed by atoms with Gasteiger partial charge in [-0.05, 0) is 91.2 Å². The second-order valence-electron chi connectivity index (χ2n) is 9.63. The molecule has 0 aromatic heterocycles. The summed E-state index contributed by atoms with van der Waals surface area (Å²) in [7, 11) is 3.06. The zero-order chi connectivity index (χ0) is 30.8. The third-order valence-electron chi connectivity index (χ3n) is 6.40. The molecule has 0 fully saturated rings. The minimum absolute atomic E-state index is 0.0441. The summed E-state index contributed by atoms with van der Waals surface area (Å²) in [6, 6.07) is 26.9. The van der Waals surface area contributed by atoms with Gasteiger partial charge in [-0.3, -0.25) is 14.4 Å². The smallest absolute Gasteiger partial charge is 0.272 e. The quantitative estimate of drug-likeness (QED) is 0.136. The number of aryl methyl sites for hydroxylation is 2. The maximum atomic E-state index is 13.4. The van der Waals surface area contributed by atoms with Crippen LogP contribution < -0.4 is 25.4 Å². The number of methoxy groups -OCH3 is 2. The Morgan fingerprint density at radius 3 is 2.21 bits per heavy atom. The van der Waals surface area contributed by atoms with E-state index in [2.05, 4.69) is 16.0 Å². The zero-order valence-electron chi connectivity index (χ0n) is 24.4. The monoisotopic (exact) mass is 595 g/mol. The van der Waals surface area contributed by atoms with Crippen LogP contribution in [-0.4, -0.2) is 37.7 Å². The lowest BCUT2D eigenvalue weighted by Gasteiger charge is -2.13. The van der Waals surface area contributed by atoms with Gasteiger partial charge in [0.1, 0.15) is 5.70 Å². The summed E-state index contributed by atoms with van der Waals surface area (Å²) in [5.41, 5.74) is 4.50. The van der Waals surface area contributed by atoms with E-state index in [1.165, 1.54) is 26.0 Å². The van der Waals surface area contributed by atoms with Crippen molar-refractivity contribution >= 4 is 46.9 Å². The summed E-state index contributed by atoms with van der Waals surface area (Å²) in [5, 5.41) is 8.53. The minimum atomic E-state index is -0.507. The molecule has 4 rings (SSSR count). The van der Waals surface area contributed by atoms with E-state index in [0.717, 1.165) is 21.7 Å². The predicted octanol–water partition coefficient (Wildman–Crippen LogP) is 6.46. The third kappa shape index (κ3) is 8.73. The van der Waals surface area contributed by atoms with Crippen molar-refractivity contribution in [2.24, 2.45) is 0 Å². The first kappa shape index (κ1) is 30.9. The normalized spacial score (nSPS) is 10.9. The first-order valence-corrected chi connectivity index (χ1v) is 14.5. The van der Waals surface area contributed by atoms with Crippen molar-refractivity contribution in [3.05, 3.63) is 119 Å². The van der Waals surface area contributed by atoms with Gasteiger partial charge in [0.05, 0.1) is 20.0 Å². The first-order valence-electron chi connectivity index (χ1n) is 13.5. The highest BCUT2D eigenvalue weighted by Gasteiger charge is 2.16. The number of anilines is 2. The van der Waals surface area contributed by atoms with Gasteiger partial charge in [-0.15, -0.1) is 11.8 Å². The fraction of sp³-hybridized carbons (Fsp3) is 0.147. The van der Waals surface area contributed by atoms with Gasteiger partial charge in [0.2, 0.25) is 5.91 Å². The van der Waals surface area contributed by atoms with Gasteiger partial charge in [-0.2, -0.15) is 0 Å². The van der Waals surface area contributed by atoms with Crippen LogP contribution in [-0.2, 0) is 9.59 Å². The fourth-order valence-electron chi connectivity index (χ4n) is 4.09. The van der Waals surface area contributed by atoms with Crippen molar-refractivity contribution in [1.82, 2.24) is 5.32 Å². The van der Waals surface area contributed by atoms with E-state index in [4.69, 9.17) is 9.47 Å². The maximum absolute atomic E-state index is 13.4. The SMILES string of the molecule is COc1ccc(/C=C(\NC(=O)c2ccccc2)C(=O)Nc2ccc(SCC(=O)Nc3cc(C)ccc3C)cc2)cc1OC. The van der Waals surface area contributed by atoms with Crippen molar-refractivity contribution < 1.29 is 23.9 Å². The zero-order valence-corrected chi connectivity index (χ0v) is 25.2. The molecule has 3 N–H and O–H groups in total. The van der Waals surface area contributed by atoms with E-state index in [0.29, 0.717) is 28.3 Å². The molecule has 9 heteroatoms. The Kier molecular flexibility index (Phi) is 10.6. The van der Waals surface area contributed by atoms with Crippen molar-refractivity contribution in [2.45, 2.75) is 18.7 Å². The summed E-state index contributed by atoms with van der Waals surface area (Å²) in [6.45, 7) is 3.94. The highest BCUT2D eigenvalue weighted by Crippen LogP contribution is 2.28. The Labute approximate surface area is 255 Å². The second-order valence-corrected chi connectivity index (χ2v) is 10.7. The highest BCUT2D eigenvalue weighted by atomic mass is 32.2. The molecule has 4 aromatic rings. The van der Waals surface area contributed by atoms with Gasteiger partial charge in [-0.25, -0.2) is 0 Å². The number of benzene rings is 4. The average molecular weight is 596 g/mol. The largest absolute Gasteiger partial charge is 0.493 e. The molecule has 0 saturated carbocycles. The van der Waals surface area contributed by atoms with Crippen LogP contribution >= 0.6 is 11.8 Å². The molecule has 0 radical (unpaired) electrons. The first-order chi connectivity index (χ1) is 20.7. The Bertz CT molecular complexity index is 1640. The molecule has 0 aliphatic heterocycles. The molecule has 0 aliphatic rings. The predicted molar refractivity (Wildman–Crippen MR) is 172 cm³/mol. The van der Waals surface area contributed by atoms with E-state index in [1.807, 2.05) is 50.2 Å². The number of rotatable bonds is 11. The number of hydrogen-bond acceptors (Lipinski definition) is 6. The summed E-state index contributed by atoms with van der Waals surface area (Å²) < 4.78 is 10.7. The number of carbonyl (C=O) groups is 3. The van der Waals surface area contributed by atoms with Crippen LogP contribution in [0.1, 0.15) is 27.0 Å². The molecular weight excluding hydrogens is 562 g/mol. The topological polar surface area (TPSA) is 106 Å². The van der Waals surface area contributed by atoms with Crippen LogP contribution in [0.3, 0.4) is 0 Å². The van der Waals surface area contributed by atoms with Gasteiger partial charge in [0.25, 0.3) is 11.8 Å². The Balaban J connectivity index is 1.45. The average Bonchev–Trinajstić information content (AvgIpc) is 3.02. The second kappa shape index (κ2) is 14.7. The summed E-state index contributed by atoms with van der Waals surface area (Å²) in [4.78, 5) is 39.7. The van der Waals surface area contributed by atoms with Crippen LogP contribution in [0.5, 0.6) is 11.5 Å². The fourth-order valence-corrected chi connectivity index (χ4v) is 4.79. The molecule has 0 aliphatic carbocycles. The van der Waals surface area contributed by atoms with Crippen molar-refractivity contribution in [1.29, 1.82) is 0 Å². The van der Waals surface area contributed by atoms with E-state index >= 15 is 0 Å². The minimum Gasteiger partial charge on any atom is -0.493 e. The molecule has 0 bridgehead atoms. The maximum Gasteiger partial charge on any atom is 0.272 e. The van der Waals surface area contributed by atoms with Gasteiger partial charge in [-0.1, -0.05) is 36.4 Å². The molecule has 3 amide bonds. The highest BCUT2D eigenvalue weighted by molar-refractivity contribution is 8.00.